The summed E-state index contributed by atoms with van der Waals surface area (Å²) in [6.45, 7) is 0. The quantitative estimate of drug-likeness (QED) is 0.310. The molecule has 0 rings (SSSR count). The van der Waals surface area contributed by atoms with E-state index in [4.69, 9.17) is 19.2 Å². The van der Waals surface area contributed by atoms with Gasteiger partial charge in [-0.3, -0.25) is 0 Å². The van der Waals surface area contributed by atoms with Gasteiger partial charge < -0.3 is 30.8 Å². The summed E-state index contributed by atoms with van der Waals surface area (Å²) in [5, 5.41) is 0. The van der Waals surface area contributed by atoms with Crippen molar-refractivity contribution < 1.29 is 24.7 Å². The van der Waals surface area contributed by atoms with E-state index in [0.717, 1.165) is 0 Å². The van der Waals surface area contributed by atoms with Crippen molar-refractivity contribution in [1.82, 2.24) is 6.15 Å². The predicted octanol–water partition coefficient (Wildman–Crippen LogP) is -4.92. The van der Waals surface area contributed by atoms with Gasteiger partial charge in [0.05, 0.1) is 0 Å². The maximum Gasteiger partial charge on any atom is 2.00 e. The second-order valence-corrected chi connectivity index (χ2v) is 1.65. The van der Waals surface area contributed by atoms with Crippen LogP contribution in [0.5, 0.6) is 0 Å². The zero-order valence-corrected chi connectivity index (χ0v) is 7.33. The van der Waals surface area contributed by atoms with E-state index in [-0.39, 0.29) is 49.4 Å². The fourth-order valence-electron chi connectivity index (χ4n) is 0. The summed E-state index contributed by atoms with van der Waals surface area (Å²) in [4.78, 5) is 31.8. The van der Waals surface area contributed by atoms with Crippen LogP contribution in [0.15, 0.2) is 0 Å². The SMILES string of the molecule is N.O.[Ca+2].[O-][Si]([O-])(O)O. The van der Waals surface area contributed by atoms with Crippen molar-refractivity contribution in [3.05, 3.63) is 0 Å². The average molecular weight is 169 g/mol. The number of hydrogen-bond donors (Lipinski definition) is 3. The summed E-state index contributed by atoms with van der Waals surface area (Å²) in [7, 11) is -5.11. The molecular weight excluding hydrogens is 162 g/mol. The van der Waals surface area contributed by atoms with E-state index in [2.05, 4.69) is 0 Å². The zero-order valence-electron chi connectivity index (χ0n) is 4.13. The van der Waals surface area contributed by atoms with Crippen LogP contribution in [0.25, 0.3) is 0 Å². The Hall–Kier alpha value is 1.24. The van der Waals surface area contributed by atoms with E-state index in [0.29, 0.717) is 0 Å². The minimum absolute atomic E-state index is 0. The molecule has 0 fully saturated rings. The van der Waals surface area contributed by atoms with Crippen molar-refractivity contribution in [3.63, 3.8) is 0 Å². The van der Waals surface area contributed by atoms with Crippen LogP contribution in [-0.4, -0.2) is 61.9 Å². The Morgan fingerprint density at radius 1 is 1.12 bits per heavy atom. The van der Waals surface area contributed by atoms with Gasteiger partial charge in [-0.05, 0) is 0 Å². The van der Waals surface area contributed by atoms with E-state index in [1.807, 2.05) is 0 Å². The average Bonchev–Trinajstić information content (AvgIpc) is 0.722. The van der Waals surface area contributed by atoms with Gasteiger partial charge in [0.2, 0.25) is 0 Å². The molecule has 0 saturated carbocycles. The van der Waals surface area contributed by atoms with Gasteiger partial charge in [-0.15, -0.1) is 0 Å². The third-order valence-electron chi connectivity index (χ3n) is 0. The molecule has 0 spiro atoms. The van der Waals surface area contributed by atoms with Crippen LogP contribution in [-0.2, 0) is 0 Å². The second kappa shape index (κ2) is 8.24. The first-order valence-corrected chi connectivity index (χ1v) is 2.57. The summed E-state index contributed by atoms with van der Waals surface area (Å²) in [6, 6.07) is 0. The van der Waals surface area contributed by atoms with Crippen molar-refractivity contribution in [2.75, 3.05) is 0 Å². The Balaban J connectivity index is -0.0000000267. The van der Waals surface area contributed by atoms with E-state index < -0.39 is 9.05 Å². The van der Waals surface area contributed by atoms with Gasteiger partial charge in [-0.25, -0.2) is 0 Å². The van der Waals surface area contributed by atoms with Crippen LogP contribution >= 0.6 is 0 Å². The fraction of sp³-hybridized carbons (Fsp3) is 0. The molecule has 6 nitrogen and oxygen atoms in total. The van der Waals surface area contributed by atoms with Crippen molar-refractivity contribution in [2.24, 2.45) is 0 Å². The Labute approximate surface area is 77.2 Å². The summed E-state index contributed by atoms with van der Waals surface area (Å²) in [6.07, 6.45) is 0. The third-order valence-corrected chi connectivity index (χ3v) is 0. The van der Waals surface area contributed by atoms with Crippen LogP contribution in [0.4, 0.5) is 0 Å². The Morgan fingerprint density at radius 3 is 1.12 bits per heavy atom. The molecule has 48 valence electrons. The summed E-state index contributed by atoms with van der Waals surface area (Å²) in [5.74, 6) is 0. The molecular formula is H7CaNO5Si. The minimum atomic E-state index is -5.11. The van der Waals surface area contributed by atoms with Gasteiger partial charge in [-0.1, -0.05) is 0 Å². The first-order valence-electron chi connectivity index (χ1n) is 0.855. The molecule has 0 bridgehead atoms. The van der Waals surface area contributed by atoms with Gasteiger partial charge in [0.25, 0.3) is 0 Å². The monoisotopic (exact) mass is 169 g/mol. The molecule has 0 aromatic heterocycles. The Bertz CT molecular complexity index is 27.9. The summed E-state index contributed by atoms with van der Waals surface area (Å²) >= 11 is 0. The van der Waals surface area contributed by atoms with Gasteiger partial charge in [0.1, 0.15) is 9.05 Å². The Morgan fingerprint density at radius 2 is 1.12 bits per heavy atom. The predicted molar refractivity (Wildman–Crippen MR) is 24.6 cm³/mol. The molecule has 8 heteroatoms. The molecule has 0 aromatic carbocycles. The first-order chi connectivity index (χ1) is 2.00. The number of rotatable bonds is 0. The molecule has 0 atom stereocenters. The fourth-order valence-corrected chi connectivity index (χ4v) is 0. The van der Waals surface area contributed by atoms with E-state index in [1.54, 1.807) is 0 Å². The van der Waals surface area contributed by atoms with E-state index in [1.165, 1.54) is 0 Å². The molecule has 0 saturated heterocycles. The van der Waals surface area contributed by atoms with Gasteiger partial charge in [0.15, 0.2) is 0 Å². The van der Waals surface area contributed by atoms with Crippen LogP contribution in [0.3, 0.4) is 0 Å². The zero-order chi connectivity index (χ0) is 4.50. The standard InChI is InChI=1S/Ca.H3N.H2O4Si.H2O/c;;1-5(2,3)4;/h;1H3;1-2H;1H2/q+2;;-2;. The molecule has 0 aliphatic heterocycles. The molecule has 7 N–H and O–H groups in total. The maximum atomic E-state index is 8.80. The molecule has 0 amide bonds. The smallest absolute Gasteiger partial charge is 0.828 e. The molecule has 0 aromatic rings. The topological polar surface area (TPSA) is 153 Å². The minimum Gasteiger partial charge on any atom is -0.828 e. The van der Waals surface area contributed by atoms with Crippen molar-refractivity contribution >= 4 is 46.8 Å². The van der Waals surface area contributed by atoms with Crippen LogP contribution < -0.4 is 15.7 Å². The summed E-state index contributed by atoms with van der Waals surface area (Å²) < 4.78 is 0. The van der Waals surface area contributed by atoms with Gasteiger partial charge >= 0.3 is 37.7 Å². The van der Waals surface area contributed by atoms with Crippen molar-refractivity contribution in [1.29, 1.82) is 0 Å². The second-order valence-electron chi connectivity index (χ2n) is 0.548. The molecule has 0 aliphatic rings. The normalized spacial score (nSPS) is 7.50. The van der Waals surface area contributed by atoms with E-state index in [9.17, 15) is 0 Å². The van der Waals surface area contributed by atoms with Crippen LogP contribution in [0.1, 0.15) is 0 Å². The summed E-state index contributed by atoms with van der Waals surface area (Å²) in [5.41, 5.74) is 0. The largest absolute Gasteiger partial charge is 2.00 e. The van der Waals surface area contributed by atoms with Crippen molar-refractivity contribution in [3.8, 4) is 0 Å². The molecule has 0 heterocycles. The molecule has 0 unspecified atom stereocenters. The maximum absolute atomic E-state index is 8.80. The van der Waals surface area contributed by atoms with Gasteiger partial charge in [0, 0.05) is 0 Å². The van der Waals surface area contributed by atoms with E-state index >= 15 is 0 Å². The molecule has 0 aliphatic carbocycles. The van der Waals surface area contributed by atoms with Crippen molar-refractivity contribution in [2.45, 2.75) is 0 Å². The first kappa shape index (κ1) is 22.9. The third kappa shape index (κ3) is 184. The van der Waals surface area contributed by atoms with Crippen LogP contribution in [0, 0.1) is 0 Å². The van der Waals surface area contributed by atoms with Crippen LogP contribution in [0.2, 0.25) is 0 Å². The van der Waals surface area contributed by atoms with Gasteiger partial charge in [-0.2, -0.15) is 0 Å². The molecule has 0 radical (unpaired) electrons. The Kier molecular flexibility index (Phi) is 23.5. The molecule has 8 heavy (non-hydrogen) atoms. The number of hydrogen-bond acceptors (Lipinski definition) is 5.